The topological polar surface area (TPSA) is 126 Å². The van der Waals surface area contributed by atoms with E-state index in [4.69, 9.17) is 4.74 Å². The number of hydrazine groups is 1. The van der Waals surface area contributed by atoms with Gasteiger partial charge in [-0.15, -0.1) is 0 Å². The fourth-order valence-corrected chi connectivity index (χ4v) is 4.41. The Morgan fingerprint density at radius 3 is 2.69 bits per heavy atom. The van der Waals surface area contributed by atoms with E-state index in [2.05, 4.69) is 16.2 Å². The normalized spacial score (nSPS) is 29.2. The van der Waals surface area contributed by atoms with E-state index >= 15 is 0 Å². The molecule has 2 aliphatic heterocycles. The second-order valence-electron chi connectivity index (χ2n) is 7.73. The van der Waals surface area contributed by atoms with Gasteiger partial charge in [-0.1, -0.05) is 12.1 Å². The van der Waals surface area contributed by atoms with Crippen molar-refractivity contribution >= 4 is 17.5 Å². The van der Waals surface area contributed by atoms with E-state index < -0.39 is 12.1 Å². The van der Waals surface area contributed by atoms with E-state index in [1.165, 1.54) is 0 Å². The average molecular weight is 403 g/mol. The van der Waals surface area contributed by atoms with Crippen molar-refractivity contribution in [1.29, 1.82) is 0 Å². The van der Waals surface area contributed by atoms with E-state index in [-0.39, 0.29) is 28.7 Å². The smallest absolute Gasteiger partial charge is 0.256 e. The number of amides is 2. The van der Waals surface area contributed by atoms with Crippen LogP contribution in [0.25, 0.3) is 0 Å². The summed E-state index contributed by atoms with van der Waals surface area (Å²) in [5.74, 6) is -0.608. The van der Waals surface area contributed by atoms with Crippen molar-refractivity contribution in [2.24, 2.45) is 5.92 Å². The standard InChI is InChI=1S/C19H25N5O5/c25-18(17-14-11-12(24(27)28)5-6-16(14)21-22-17)20-15-4-2-1-3-13(15)19(26)23-7-9-29-10-8-23/h1-4,12,14,16-17,21-22H,5-11H2,(H,20,25). The minimum atomic E-state index is -0.622. The first-order valence-electron chi connectivity index (χ1n) is 9.96. The summed E-state index contributed by atoms with van der Waals surface area (Å²) in [6, 6.07) is 5.74. The lowest BCUT2D eigenvalue weighted by Gasteiger charge is -2.29. The fourth-order valence-electron chi connectivity index (χ4n) is 4.41. The number of hydrogen-bond donors (Lipinski definition) is 3. The molecular formula is C19H25N5O5. The number of hydrogen-bond acceptors (Lipinski definition) is 7. The van der Waals surface area contributed by atoms with Gasteiger partial charge in [0.2, 0.25) is 11.9 Å². The Balaban J connectivity index is 1.47. The third-order valence-electron chi connectivity index (χ3n) is 6.02. The molecule has 1 aromatic carbocycles. The lowest BCUT2D eigenvalue weighted by Crippen LogP contribution is -2.45. The van der Waals surface area contributed by atoms with Gasteiger partial charge in [-0.25, -0.2) is 5.43 Å². The largest absolute Gasteiger partial charge is 0.378 e. The van der Waals surface area contributed by atoms with Crippen molar-refractivity contribution in [2.45, 2.75) is 37.4 Å². The van der Waals surface area contributed by atoms with Crippen LogP contribution in [0.2, 0.25) is 0 Å². The molecule has 3 N–H and O–H groups in total. The first-order chi connectivity index (χ1) is 14.0. The average Bonchev–Trinajstić information content (AvgIpc) is 3.17. The molecule has 1 aliphatic carbocycles. The molecule has 156 valence electrons. The summed E-state index contributed by atoms with van der Waals surface area (Å²) in [6.07, 6.45) is 1.51. The van der Waals surface area contributed by atoms with Gasteiger partial charge in [0.15, 0.2) is 0 Å². The third kappa shape index (κ3) is 4.09. The van der Waals surface area contributed by atoms with Crippen LogP contribution >= 0.6 is 0 Å². The number of morpholine rings is 1. The Bertz CT molecular complexity index is 797. The molecule has 0 spiro atoms. The molecule has 1 aromatic rings. The summed E-state index contributed by atoms with van der Waals surface area (Å²) in [6.45, 7) is 2.03. The van der Waals surface area contributed by atoms with Crippen LogP contribution in [-0.2, 0) is 9.53 Å². The van der Waals surface area contributed by atoms with Gasteiger partial charge in [0.1, 0.15) is 6.04 Å². The number of fused-ring (bicyclic) bond motifs is 1. The van der Waals surface area contributed by atoms with Crippen LogP contribution in [0.1, 0.15) is 29.6 Å². The highest BCUT2D eigenvalue weighted by Crippen LogP contribution is 2.32. The van der Waals surface area contributed by atoms with E-state index in [0.29, 0.717) is 56.8 Å². The number of anilines is 1. The summed E-state index contributed by atoms with van der Waals surface area (Å²) in [5, 5.41) is 14.1. The molecule has 2 heterocycles. The number of rotatable bonds is 4. The van der Waals surface area contributed by atoms with Gasteiger partial charge in [-0.05, 0) is 18.6 Å². The van der Waals surface area contributed by atoms with Gasteiger partial charge >= 0.3 is 0 Å². The van der Waals surface area contributed by atoms with Crippen LogP contribution in [0.4, 0.5) is 5.69 Å². The van der Waals surface area contributed by atoms with Gasteiger partial charge in [0.05, 0.1) is 24.5 Å². The molecule has 29 heavy (non-hydrogen) atoms. The molecule has 10 heteroatoms. The molecule has 0 aromatic heterocycles. The Kier molecular flexibility index (Phi) is 5.74. The highest BCUT2D eigenvalue weighted by molar-refractivity contribution is 6.05. The van der Waals surface area contributed by atoms with Crippen LogP contribution in [0.3, 0.4) is 0 Å². The van der Waals surface area contributed by atoms with Crippen LogP contribution in [-0.4, -0.2) is 66.1 Å². The zero-order valence-corrected chi connectivity index (χ0v) is 16.0. The molecule has 2 amide bonds. The van der Waals surface area contributed by atoms with E-state index in [1.54, 1.807) is 29.2 Å². The van der Waals surface area contributed by atoms with Crippen molar-refractivity contribution in [3.05, 3.63) is 39.9 Å². The number of ether oxygens (including phenoxy) is 1. The zero-order chi connectivity index (χ0) is 20.4. The molecule has 2 saturated heterocycles. The number of carbonyl (C=O) groups excluding carboxylic acids is 2. The van der Waals surface area contributed by atoms with Gasteiger partial charge in [0.25, 0.3) is 5.91 Å². The molecule has 3 fully saturated rings. The predicted octanol–water partition coefficient (Wildman–Crippen LogP) is 0.388. The molecule has 10 nitrogen and oxygen atoms in total. The molecule has 4 rings (SSSR count). The summed E-state index contributed by atoms with van der Waals surface area (Å²) in [7, 11) is 0. The minimum absolute atomic E-state index is 0.0344. The number of nitro groups is 1. The number of nitrogens with zero attached hydrogens (tertiary/aromatic N) is 2. The van der Waals surface area contributed by atoms with Crippen molar-refractivity contribution in [3.63, 3.8) is 0 Å². The summed E-state index contributed by atoms with van der Waals surface area (Å²) < 4.78 is 5.30. The van der Waals surface area contributed by atoms with Gasteiger partial charge in [0, 0.05) is 42.8 Å². The summed E-state index contributed by atoms with van der Waals surface area (Å²) in [5.41, 5.74) is 6.97. The van der Waals surface area contributed by atoms with Crippen molar-refractivity contribution in [3.8, 4) is 0 Å². The Morgan fingerprint density at radius 2 is 1.93 bits per heavy atom. The third-order valence-corrected chi connectivity index (χ3v) is 6.02. The maximum atomic E-state index is 13.0. The van der Waals surface area contributed by atoms with Gasteiger partial charge in [-0.3, -0.25) is 25.1 Å². The van der Waals surface area contributed by atoms with Crippen molar-refractivity contribution in [1.82, 2.24) is 15.8 Å². The fraction of sp³-hybridized carbons (Fsp3) is 0.579. The molecular weight excluding hydrogens is 378 g/mol. The number of benzene rings is 1. The number of nitrogens with one attached hydrogen (secondary N) is 3. The molecule has 4 atom stereocenters. The second-order valence-corrected chi connectivity index (χ2v) is 7.73. The number of carbonyl (C=O) groups is 2. The summed E-state index contributed by atoms with van der Waals surface area (Å²) in [4.78, 5) is 38.5. The lowest BCUT2D eigenvalue weighted by atomic mass is 9.79. The van der Waals surface area contributed by atoms with E-state index in [9.17, 15) is 19.7 Å². The molecule has 3 aliphatic rings. The SMILES string of the molecule is O=C(Nc1ccccc1C(=O)N1CCOCC1)C1NNC2CCC([N+](=O)[O-])CC21. The Labute approximate surface area is 168 Å². The Morgan fingerprint density at radius 1 is 1.17 bits per heavy atom. The second kappa shape index (κ2) is 8.44. The number of para-hydroxylation sites is 1. The quantitative estimate of drug-likeness (QED) is 0.490. The summed E-state index contributed by atoms with van der Waals surface area (Å²) >= 11 is 0. The van der Waals surface area contributed by atoms with Crippen molar-refractivity contribution in [2.75, 3.05) is 31.6 Å². The van der Waals surface area contributed by atoms with E-state index in [1.807, 2.05) is 0 Å². The van der Waals surface area contributed by atoms with Crippen LogP contribution < -0.4 is 16.2 Å². The Hall–Kier alpha value is -2.56. The first kappa shape index (κ1) is 19.7. The van der Waals surface area contributed by atoms with Crippen LogP contribution in [0.5, 0.6) is 0 Å². The van der Waals surface area contributed by atoms with Crippen LogP contribution in [0.15, 0.2) is 24.3 Å². The maximum Gasteiger partial charge on any atom is 0.256 e. The predicted molar refractivity (Wildman–Crippen MR) is 104 cm³/mol. The van der Waals surface area contributed by atoms with E-state index in [0.717, 1.165) is 0 Å². The monoisotopic (exact) mass is 403 g/mol. The van der Waals surface area contributed by atoms with Crippen molar-refractivity contribution < 1.29 is 19.2 Å². The van der Waals surface area contributed by atoms with Crippen LogP contribution in [0, 0.1) is 16.0 Å². The first-order valence-corrected chi connectivity index (χ1v) is 9.96. The maximum absolute atomic E-state index is 13.0. The van der Waals surface area contributed by atoms with Gasteiger partial charge < -0.3 is 15.0 Å². The van der Waals surface area contributed by atoms with Gasteiger partial charge in [-0.2, -0.15) is 0 Å². The lowest BCUT2D eigenvalue weighted by molar-refractivity contribution is -0.528. The highest BCUT2D eigenvalue weighted by atomic mass is 16.6. The molecule has 1 saturated carbocycles. The molecule has 4 unspecified atom stereocenters. The highest BCUT2D eigenvalue weighted by Gasteiger charge is 2.46. The molecule has 0 bridgehead atoms. The molecule has 0 radical (unpaired) electrons. The minimum Gasteiger partial charge on any atom is -0.378 e. The zero-order valence-electron chi connectivity index (χ0n) is 16.0.